The molecule has 1 heterocycles. The van der Waals surface area contributed by atoms with E-state index in [-0.39, 0.29) is 15.3 Å². The summed E-state index contributed by atoms with van der Waals surface area (Å²) < 4.78 is 63.5. The van der Waals surface area contributed by atoms with Crippen LogP contribution in [0.2, 0.25) is 5.02 Å². The van der Waals surface area contributed by atoms with Crippen molar-refractivity contribution in [2.24, 2.45) is 5.14 Å². The highest BCUT2D eigenvalue weighted by Crippen LogP contribution is 2.38. The molecule has 0 amide bonds. The highest BCUT2D eigenvalue weighted by atomic mass is 35.5. The molecule has 4 aromatic rings. The van der Waals surface area contributed by atoms with Gasteiger partial charge in [-0.2, -0.15) is 5.10 Å². The van der Waals surface area contributed by atoms with Crippen LogP contribution in [-0.4, -0.2) is 28.7 Å². The first kappa shape index (κ1) is 20.9. The molecule has 4 rings (SSSR count). The Bertz CT molecular complexity index is 1440. The zero-order chi connectivity index (χ0) is 21.8. The predicted octanol–water partition coefficient (Wildman–Crippen LogP) is 4.15. The van der Waals surface area contributed by atoms with Crippen LogP contribution >= 0.6 is 11.6 Å². The third-order valence-electron chi connectivity index (χ3n) is 4.69. The number of sulfonamides is 1. The van der Waals surface area contributed by atoms with E-state index < -0.39 is 32.9 Å². The Morgan fingerprint density at radius 1 is 1.03 bits per heavy atom. The van der Waals surface area contributed by atoms with Crippen LogP contribution in [0.4, 0.5) is 8.78 Å². The SMILES string of the molecule is CS(=O)c1ccc2c(ccc3c(C(F)F)nn(-c4ccc(S(N)(=O)=O)cc4)c32)c1Cl. The Morgan fingerprint density at radius 2 is 1.63 bits per heavy atom. The Morgan fingerprint density at radius 3 is 2.20 bits per heavy atom. The molecule has 0 saturated heterocycles. The number of nitrogens with zero attached hydrogens (tertiary/aromatic N) is 2. The lowest BCUT2D eigenvalue weighted by Gasteiger charge is -2.10. The van der Waals surface area contributed by atoms with Crippen molar-refractivity contribution < 1.29 is 21.4 Å². The molecule has 1 aromatic heterocycles. The van der Waals surface area contributed by atoms with Gasteiger partial charge in [-0.15, -0.1) is 0 Å². The van der Waals surface area contributed by atoms with Gasteiger partial charge in [0.15, 0.2) is 0 Å². The fourth-order valence-corrected chi connectivity index (χ4v) is 5.02. The van der Waals surface area contributed by atoms with E-state index in [0.717, 1.165) is 0 Å². The molecule has 0 radical (unpaired) electrons. The van der Waals surface area contributed by atoms with Crippen molar-refractivity contribution in [3.05, 3.63) is 59.2 Å². The van der Waals surface area contributed by atoms with Crippen molar-refractivity contribution in [1.29, 1.82) is 0 Å². The van der Waals surface area contributed by atoms with E-state index in [0.29, 0.717) is 26.9 Å². The first-order valence-corrected chi connectivity index (χ1v) is 12.0. The second kappa shape index (κ2) is 7.38. The maximum Gasteiger partial charge on any atom is 0.282 e. The molecule has 6 nitrogen and oxygen atoms in total. The number of alkyl halides is 2. The van der Waals surface area contributed by atoms with Gasteiger partial charge in [-0.25, -0.2) is 27.0 Å². The quantitative estimate of drug-likeness (QED) is 0.485. The molecule has 0 spiro atoms. The van der Waals surface area contributed by atoms with Crippen molar-refractivity contribution in [3.8, 4) is 5.69 Å². The van der Waals surface area contributed by atoms with Gasteiger partial charge >= 0.3 is 0 Å². The zero-order valence-corrected chi connectivity index (χ0v) is 17.7. The van der Waals surface area contributed by atoms with Crippen LogP contribution in [0.1, 0.15) is 12.1 Å². The van der Waals surface area contributed by atoms with Crippen molar-refractivity contribution in [3.63, 3.8) is 0 Å². The average Bonchev–Trinajstić information content (AvgIpc) is 3.08. The highest BCUT2D eigenvalue weighted by Gasteiger charge is 2.22. The normalized spacial score (nSPS) is 13.4. The van der Waals surface area contributed by atoms with Gasteiger partial charge in [0, 0.05) is 22.4 Å². The lowest BCUT2D eigenvalue weighted by Crippen LogP contribution is -2.12. The van der Waals surface area contributed by atoms with E-state index >= 15 is 0 Å². The number of hydrogen-bond donors (Lipinski definition) is 1. The predicted molar refractivity (Wildman–Crippen MR) is 112 cm³/mol. The Labute approximate surface area is 177 Å². The van der Waals surface area contributed by atoms with Gasteiger partial charge in [0.1, 0.15) is 5.69 Å². The summed E-state index contributed by atoms with van der Waals surface area (Å²) in [5.41, 5.74) is 0.328. The second-order valence-corrected chi connectivity index (χ2v) is 9.81. The summed E-state index contributed by atoms with van der Waals surface area (Å²) in [6, 6.07) is 11.7. The summed E-state index contributed by atoms with van der Waals surface area (Å²) in [7, 11) is -5.23. The molecule has 11 heteroatoms. The maximum atomic E-state index is 13.7. The van der Waals surface area contributed by atoms with Crippen LogP contribution in [0.3, 0.4) is 0 Å². The molecule has 0 fully saturated rings. The molecule has 156 valence electrons. The topological polar surface area (TPSA) is 95.0 Å². The zero-order valence-electron chi connectivity index (χ0n) is 15.3. The molecule has 3 aromatic carbocycles. The number of nitrogens with two attached hydrogens (primary N) is 1. The number of benzene rings is 3. The minimum absolute atomic E-state index is 0.111. The van der Waals surface area contributed by atoms with Gasteiger partial charge < -0.3 is 0 Å². The molecule has 0 bridgehead atoms. The van der Waals surface area contributed by atoms with Gasteiger partial charge in [-0.1, -0.05) is 23.7 Å². The molecule has 0 aliphatic heterocycles. The van der Waals surface area contributed by atoms with E-state index in [1.54, 1.807) is 18.2 Å². The van der Waals surface area contributed by atoms with Gasteiger partial charge in [0.2, 0.25) is 10.0 Å². The van der Waals surface area contributed by atoms with Crippen molar-refractivity contribution >= 4 is 54.1 Å². The summed E-state index contributed by atoms with van der Waals surface area (Å²) in [4.78, 5) is 0.320. The monoisotopic (exact) mass is 469 g/mol. The molecular weight excluding hydrogens is 456 g/mol. The van der Waals surface area contributed by atoms with Gasteiger partial charge in [0.25, 0.3) is 6.43 Å². The lowest BCUT2D eigenvalue weighted by molar-refractivity contribution is 0.147. The number of rotatable bonds is 4. The van der Waals surface area contributed by atoms with E-state index in [1.165, 1.54) is 41.3 Å². The van der Waals surface area contributed by atoms with Crippen LogP contribution < -0.4 is 5.14 Å². The number of hydrogen-bond acceptors (Lipinski definition) is 4. The van der Waals surface area contributed by atoms with Crippen molar-refractivity contribution in [2.75, 3.05) is 6.26 Å². The van der Waals surface area contributed by atoms with Gasteiger partial charge in [0.05, 0.1) is 36.8 Å². The van der Waals surface area contributed by atoms with Crippen LogP contribution in [0.25, 0.3) is 27.4 Å². The largest absolute Gasteiger partial charge is 0.282 e. The number of aromatic nitrogens is 2. The molecule has 1 atom stereocenters. The number of primary sulfonamides is 1. The Kier molecular flexibility index (Phi) is 5.13. The maximum absolute atomic E-state index is 13.7. The minimum Gasteiger partial charge on any atom is -0.255 e. The van der Waals surface area contributed by atoms with E-state index in [1.807, 2.05) is 0 Å². The smallest absolute Gasteiger partial charge is 0.255 e. The molecule has 0 aliphatic rings. The molecule has 0 saturated carbocycles. The third-order valence-corrected chi connectivity index (χ3v) is 7.10. The number of fused-ring (bicyclic) bond motifs is 3. The van der Waals surface area contributed by atoms with E-state index in [9.17, 15) is 21.4 Å². The van der Waals surface area contributed by atoms with Crippen molar-refractivity contribution in [1.82, 2.24) is 9.78 Å². The molecule has 1 unspecified atom stereocenters. The van der Waals surface area contributed by atoms with Crippen LogP contribution in [-0.2, 0) is 20.8 Å². The molecule has 30 heavy (non-hydrogen) atoms. The van der Waals surface area contributed by atoms with Crippen LogP contribution in [0, 0.1) is 0 Å². The fraction of sp³-hybridized carbons (Fsp3) is 0.105. The van der Waals surface area contributed by atoms with Crippen molar-refractivity contribution in [2.45, 2.75) is 16.2 Å². The van der Waals surface area contributed by atoms with E-state index in [4.69, 9.17) is 16.7 Å². The lowest BCUT2D eigenvalue weighted by atomic mass is 10.1. The standard InChI is InChI=1S/C19H14ClF2N3O3S2/c1-29(26)15-9-8-13-12(16(15)20)6-7-14-17(19(21)22)24-25(18(13)14)10-2-4-11(5-3-10)30(23,27)28/h2-9,19H,1H3,(H2,23,27,28). The van der Waals surface area contributed by atoms with Gasteiger partial charge in [-0.3, -0.25) is 4.21 Å². The first-order valence-electron chi connectivity index (χ1n) is 8.48. The summed E-state index contributed by atoms with van der Waals surface area (Å²) in [6.45, 7) is 0. The molecule has 2 N–H and O–H groups in total. The minimum atomic E-state index is -3.90. The summed E-state index contributed by atoms with van der Waals surface area (Å²) >= 11 is 6.42. The highest BCUT2D eigenvalue weighted by molar-refractivity contribution is 7.89. The van der Waals surface area contributed by atoms with Gasteiger partial charge in [-0.05, 0) is 36.4 Å². The molecular formula is C19H14ClF2N3O3S2. The fourth-order valence-electron chi connectivity index (χ4n) is 3.33. The summed E-state index contributed by atoms with van der Waals surface area (Å²) in [5, 5.41) is 10.8. The third kappa shape index (κ3) is 3.39. The number of halogens is 3. The summed E-state index contributed by atoms with van der Waals surface area (Å²) in [5.74, 6) is 0. The van der Waals surface area contributed by atoms with E-state index in [2.05, 4.69) is 5.10 Å². The van der Waals surface area contributed by atoms with Crippen LogP contribution in [0.15, 0.2) is 58.3 Å². The molecule has 0 aliphatic carbocycles. The Balaban J connectivity index is 2.07. The summed E-state index contributed by atoms with van der Waals surface area (Å²) in [6.07, 6.45) is -1.33. The van der Waals surface area contributed by atoms with Crippen LogP contribution in [0.5, 0.6) is 0 Å². The first-order chi connectivity index (χ1) is 14.1. The Hall–Kier alpha value is -2.40. The second-order valence-electron chi connectivity index (χ2n) is 6.53. The average molecular weight is 470 g/mol.